The average Bonchev–Trinajstić information content (AvgIpc) is 3.25. The zero-order valence-corrected chi connectivity index (χ0v) is 18.9. The minimum absolute atomic E-state index is 0.0101. The predicted octanol–water partition coefficient (Wildman–Crippen LogP) is 0.635. The van der Waals surface area contributed by atoms with Crippen LogP contribution >= 0.6 is 0 Å². The third kappa shape index (κ3) is 4.46. The summed E-state index contributed by atoms with van der Waals surface area (Å²) in [6.45, 7) is 1.11. The van der Waals surface area contributed by atoms with Gasteiger partial charge >= 0.3 is 5.69 Å². The van der Waals surface area contributed by atoms with E-state index in [1.165, 1.54) is 17.9 Å². The van der Waals surface area contributed by atoms with Crippen molar-refractivity contribution in [1.82, 2.24) is 28.9 Å². The van der Waals surface area contributed by atoms with Crippen molar-refractivity contribution in [2.75, 3.05) is 13.1 Å². The van der Waals surface area contributed by atoms with Crippen LogP contribution in [0.15, 0.2) is 46.2 Å². The van der Waals surface area contributed by atoms with Gasteiger partial charge in [-0.05, 0) is 37.8 Å². The Kier molecular flexibility index (Phi) is 6.43. The standard InChI is InChI=1S/C23H28N6O4/c1-26-21-19(22(32)27(2)23(26)33)25-15-28(21)14-18(30)29-13-7-6-10-17(29)11-12-24-20(31)16-8-4-3-5-9-16/h3-5,8-9,15,17H,6-7,10-14H2,1-2H3,(H,24,31). The van der Waals surface area contributed by atoms with Crippen molar-refractivity contribution < 1.29 is 9.59 Å². The second kappa shape index (κ2) is 9.43. The van der Waals surface area contributed by atoms with Crippen LogP contribution in [0.3, 0.4) is 0 Å². The Morgan fingerprint density at radius 1 is 1.09 bits per heavy atom. The third-order valence-electron chi connectivity index (χ3n) is 6.26. The van der Waals surface area contributed by atoms with Gasteiger partial charge in [-0.15, -0.1) is 0 Å². The molecule has 1 unspecified atom stereocenters. The summed E-state index contributed by atoms with van der Waals surface area (Å²) in [5.74, 6) is -0.224. The molecule has 0 bridgehead atoms. The largest absolute Gasteiger partial charge is 0.352 e. The van der Waals surface area contributed by atoms with Gasteiger partial charge in [-0.2, -0.15) is 0 Å². The van der Waals surface area contributed by atoms with Crippen molar-refractivity contribution >= 4 is 23.0 Å². The molecule has 2 amide bonds. The average molecular weight is 453 g/mol. The normalized spacial score (nSPS) is 16.2. The molecule has 0 saturated carbocycles. The van der Waals surface area contributed by atoms with Crippen LogP contribution in [0.1, 0.15) is 36.0 Å². The van der Waals surface area contributed by atoms with Crippen LogP contribution in [0, 0.1) is 0 Å². The fourth-order valence-electron chi connectivity index (χ4n) is 4.46. The van der Waals surface area contributed by atoms with Gasteiger partial charge in [0.25, 0.3) is 11.5 Å². The number of nitrogens with one attached hydrogen (secondary N) is 1. The van der Waals surface area contributed by atoms with E-state index in [4.69, 9.17) is 0 Å². The maximum absolute atomic E-state index is 13.2. The van der Waals surface area contributed by atoms with E-state index in [0.29, 0.717) is 30.7 Å². The smallest absolute Gasteiger partial charge is 0.332 e. The summed E-state index contributed by atoms with van der Waals surface area (Å²) in [6, 6.07) is 9.06. The number of benzene rings is 1. The summed E-state index contributed by atoms with van der Waals surface area (Å²) in [5, 5.41) is 2.93. The van der Waals surface area contributed by atoms with Crippen molar-refractivity contribution in [3.63, 3.8) is 0 Å². The molecule has 10 heteroatoms. The van der Waals surface area contributed by atoms with E-state index in [2.05, 4.69) is 10.3 Å². The maximum Gasteiger partial charge on any atom is 0.332 e. The first-order valence-electron chi connectivity index (χ1n) is 11.1. The van der Waals surface area contributed by atoms with Gasteiger partial charge in [0.05, 0.1) is 6.33 Å². The molecule has 0 radical (unpaired) electrons. The molecule has 1 fully saturated rings. The minimum atomic E-state index is -0.482. The van der Waals surface area contributed by atoms with Crippen LogP contribution in [0.4, 0.5) is 0 Å². The number of likely N-dealkylation sites (tertiary alicyclic amines) is 1. The van der Waals surface area contributed by atoms with E-state index < -0.39 is 11.2 Å². The molecule has 2 aromatic heterocycles. The monoisotopic (exact) mass is 452 g/mol. The molecule has 4 rings (SSSR count). The molecule has 10 nitrogen and oxygen atoms in total. The number of aromatic nitrogens is 4. The van der Waals surface area contributed by atoms with Crippen LogP contribution in [-0.2, 0) is 25.4 Å². The molecule has 3 aromatic rings. The summed E-state index contributed by atoms with van der Waals surface area (Å²) in [6.07, 6.45) is 4.91. The minimum Gasteiger partial charge on any atom is -0.352 e. The first kappa shape index (κ1) is 22.5. The molecule has 3 heterocycles. The topological polar surface area (TPSA) is 111 Å². The van der Waals surface area contributed by atoms with Gasteiger partial charge < -0.3 is 14.8 Å². The number of carbonyl (C=O) groups is 2. The molecule has 0 spiro atoms. The molecule has 33 heavy (non-hydrogen) atoms. The van der Waals surface area contributed by atoms with E-state index in [-0.39, 0.29) is 29.9 Å². The summed E-state index contributed by atoms with van der Waals surface area (Å²) in [7, 11) is 2.97. The van der Waals surface area contributed by atoms with E-state index >= 15 is 0 Å². The summed E-state index contributed by atoms with van der Waals surface area (Å²) in [4.78, 5) is 56.2. The number of imidazole rings is 1. The molecule has 174 valence electrons. The molecule has 0 aliphatic carbocycles. The molecule has 1 aromatic carbocycles. The van der Waals surface area contributed by atoms with Gasteiger partial charge in [0.15, 0.2) is 5.52 Å². The van der Waals surface area contributed by atoms with E-state index in [1.807, 2.05) is 23.1 Å². The third-order valence-corrected chi connectivity index (χ3v) is 6.26. The van der Waals surface area contributed by atoms with Gasteiger partial charge in [0, 0.05) is 38.8 Å². The lowest BCUT2D eigenvalue weighted by Gasteiger charge is -2.36. The SMILES string of the molecule is Cn1c(=O)c2ncn(CC(=O)N3CCCCC3CCNC(=O)c3ccccc3)c2n(C)c1=O. The Morgan fingerprint density at radius 2 is 1.85 bits per heavy atom. The van der Waals surface area contributed by atoms with Crippen LogP contribution in [-0.4, -0.2) is 54.5 Å². The molecule has 1 N–H and O–H groups in total. The van der Waals surface area contributed by atoms with Crippen molar-refractivity contribution in [2.45, 2.75) is 38.3 Å². The lowest BCUT2D eigenvalue weighted by molar-refractivity contribution is -0.135. The fourth-order valence-corrected chi connectivity index (χ4v) is 4.46. The first-order chi connectivity index (χ1) is 15.9. The molecular formula is C23H28N6O4. The summed E-state index contributed by atoms with van der Waals surface area (Å²) >= 11 is 0. The van der Waals surface area contributed by atoms with Crippen molar-refractivity contribution in [2.24, 2.45) is 14.1 Å². The second-order valence-electron chi connectivity index (χ2n) is 8.40. The van der Waals surface area contributed by atoms with Gasteiger partial charge in [0.1, 0.15) is 12.2 Å². The Hall–Kier alpha value is -3.69. The molecule has 1 aliphatic heterocycles. The summed E-state index contributed by atoms with van der Waals surface area (Å²) < 4.78 is 3.90. The Balaban J connectivity index is 1.45. The Labute approximate surface area is 190 Å². The van der Waals surface area contributed by atoms with E-state index in [9.17, 15) is 19.2 Å². The molecular weight excluding hydrogens is 424 g/mol. The lowest BCUT2D eigenvalue weighted by Crippen LogP contribution is -2.46. The summed E-state index contributed by atoms with van der Waals surface area (Å²) in [5.41, 5.74) is 0.153. The van der Waals surface area contributed by atoms with Gasteiger partial charge in [-0.25, -0.2) is 9.78 Å². The van der Waals surface area contributed by atoms with E-state index in [0.717, 1.165) is 23.8 Å². The number of piperidine rings is 1. The number of aryl methyl sites for hydroxylation is 1. The first-order valence-corrected chi connectivity index (χ1v) is 11.1. The van der Waals surface area contributed by atoms with Gasteiger partial charge in [-0.1, -0.05) is 18.2 Å². The highest BCUT2D eigenvalue weighted by atomic mass is 16.2. The van der Waals surface area contributed by atoms with Crippen molar-refractivity contribution in [3.8, 4) is 0 Å². The zero-order chi connectivity index (χ0) is 23.5. The van der Waals surface area contributed by atoms with Gasteiger partial charge in [0.2, 0.25) is 5.91 Å². The number of nitrogens with zero attached hydrogens (tertiary/aromatic N) is 5. The Bertz CT molecular complexity index is 1290. The number of hydrogen-bond acceptors (Lipinski definition) is 5. The van der Waals surface area contributed by atoms with Crippen LogP contribution in [0.5, 0.6) is 0 Å². The lowest BCUT2D eigenvalue weighted by atomic mass is 9.99. The fraction of sp³-hybridized carbons (Fsp3) is 0.435. The van der Waals surface area contributed by atoms with Crippen LogP contribution < -0.4 is 16.6 Å². The van der Waals surface area contributed by atoms with Gasteiger partial charge in [-0.3, -0.25) is 23.5 Å². The number of amides is 2. The highest BCUT2D eigenvalue weighted by Gasteiger charge is 2.27. The molecule has 1 saturated heterocycles. The number of fused-ring (bicyclic) bond motifs is 1. The van der Waals surface area contributed by atoms with Crippen LogP contribution in [0.25, 0.3) is 11.2 Å². The number of carbonyl (C=O) groups excluding carboxylic acids is 2. The van der Waals surface area contributed by atoms with Crippen molar-refractivity contribution in [1.29, 1.82) is 0 Å². The second-order valence-corrected chi connectivity index (χ2v) is 8.40. The van der Waals surface area contributed by atoms with Crippen molar-refractivity contribution in [3.05, 3.63) is 63.1 Å². The highest BCUT2D eigenvalue weighted by molar-refractivity contribution is 5.94. The zero-order valence-electron chi connectivity index (χ0n) is 18.9. The Morgan fingerprint density at radius 3 is 2.61 bits per heavy atom. The van der Waals surface area contributed by atoms with Crippen LogP contribution in [0.2, 0.25) is 0 Å². The molecule has 1 aliphatic rings. The predicted molar refractivity (Wildman–Crippen MR) is 123 cm³/mol. The molecule has 1 atom stereocenters. The highest BCUT2D eigenvalue weighted by Crippen LogP contribution is 2.20. The van der Waals surface area contributed by atoms with E-state index in [1.54, 1.807) is 23.7 Å². The number of hydrogen-bond donors (Lipinski definition) is 1. The maximum atomic E-state index is 13.2. The quantitative estimate of drug-likeness (QED) is 0.590. The number of rotatable bonds is 6.